The standard InChI is InChI=1S/C51H96O10/c1-3-5-7-9-11-13-15-17-19-20-21-22-23-24-26-28-30-32-34-36-38-40-47(54)60-44(43-59-51-50(57)49(56)48(55)45(41-52)61-51)42-58-46(53)39-37-35-33-31-29-27-25-18-16-14-12-10-8-6-4-2/h4,44-45,48-52,55-57H,2-3,5-43H2,1H3/t44-,45-,48+,49?,50?,51-/m1/s1. The number of aliphatic hydroxyl groups excluding tert-OH is 4. The van der Waals surface area contributed by atoms with Gasteiger partial charge in [0.05, 0.1) is 13.2 Å². The van der Waals surface area contributed by atoms with E-state index < -0.39 is 49.4 Å². The van der Waals surface area contributed by atoms with Crippen LogP contribution < -0.4 is 0 Å². The summed E-state index contributed by atoms with van der Waals surface area (Å²) in [5.41, 5.74) is 0. The van der Waals surface area contributed by atoms with Crippen molar-refractivity contribution in [2.75, 3.05) is 19.8 Å². The topological polar surface area (TPSA) is 152 Å². The van der Waals surface area contributed by atoms with Gasteiger partial charge in [-0.05, 0) is 25.7 Å². The van der Waals surface area contributed by atoms with E-state index in [9.17, 15) is 30.0 Å². The van der Waals surface area contributed by atoms with Gasteiger partial charge in [-0.25, -0.2) is 0 Å². The Morgan fingerprint density at radius 1 is 0.525 bits per heavy atom. The number of rotatable bonds is 45. The molecule has 0 radical (unpaired) electrons. The summed E-state index contributed by atoms with van der Waals surface area (Å²) in [4.78, 5) is 25.4. The van der Waals surface area contributed by atoms with Gasteiger partial charge in [-0.1, -0.05) is 212 Å². The molecule has 1 rings (SSSR count). The molecule has 0 spiro atoms. The fourth-order valence-corrected chi connectivity index (χ4v) is 8.23. The summed E-state index contributed by atoms with van der Waals surface area (Å²) in [6.45, 7) is 4.99. The molecule has 1 aliphatic heterocycles. The van der Waals surface area contributed by atoms with Crippen molar-refractivity contribution >= 4 is 11.9 Å². The minimum atomic E-state index is -1.59. The average molecular weight is 869 g/mol. The predicted molar refractivity (Wildman–Crippen MR) is 247 cm³/mol. The van der Waals surface area contributed by atoms with E-state index in [1.54, 1.807) is 0 Å². The Bertz CT molecular complexity index is 992. The maximum absolute atomic E-state index is 12.8. The summed E-state index contributed by atoms with van der Waals surface area (Å²) in [5.74, 6) is -0.793. The van der Waals surface area contributed by atoms with E-state index in [0.29, 0.717) is 6.42 Å². The first kappa shape index (κ1) is 57.5. The highest BCUT2D eigenvalue weighted by Crippen LogP contribution is 2.23. The normalized spacial score (nSPS) is 19.5. The quantitative estimate of drug-likeness (QED) is 0.0264. The van der Waals surface area contributed by atoms with Gasteiger partial charge in [0.2, 0.25) is 0 Å². The molecule has 1 heterocycles. The first-order valence-electron chi connectivity index (χ1n) is 25.7. The van der Waals surface area contributed by atoms with Crippen LogP contribution in [0.25, 0.3) is 0 Å². The van der Waals surface area contributed by atoms with E-state index in [-0.39, 0.29) is 32.0 Å². The summed E-state index contributed by atoms with van der Waals surface area (Å²) in [7, 11) is 0. The Morgan fingerprint density at radius 3 is 1.30 bits per heavy atom. The van der Waals surface area contributed by atoms with Crippen LogP contribution in [0.4, 0.5) is 0 Å². The molecule has 10 heteroatoms. The Labute approximate surface area is 373 Å². The molecule has 0 aromatic carbocycles. The van der Waals surface area contributed by atoms with Crippen molar-refractivity contribution < 1.29 is 49.0 Å². The second-order valence-electron chi connectivity index (χ2n) is 18.1. The summed E-state index contributed by atoms with van der Waals surface area (Å²) in [6, 6.07) is 0. The summed E-state index contributed by atoms with van der Waals surface area (Å²) in [5, 5.41) is 40.2. The molecule has 0 saturated carbocycles. The van der Waals surface area contributed by atoms with Crippen molar-refractivity contribution in [1.29, 1.82) is 0 Å². The molecular weight excluding hydrogens is 773 g/mol. The number of esters is 2. The second kappa shape index (κ2) is 42.4. The van der Waals surface area contributed by atoms with E-state index in [2.05, 4.69) is 13.5 Å². The van der Waals surface area contributed by atoms with Crippen molar-refractivity contribution in [1.82, 2.24) is 0 Å². The predicted octanol–water partition coefficient (Wildman–Crippen LogP) is 11.9. The van der Waals surface area contributed by atoms with E-state index in [4.69, 9.17) is 18.9 Å². The third-order valence-electron chi connectivity index (χ3n) is 12.3. The molecule has 4 N–H and O–H groups in total. The number of carbonyl (C=O) groups is 2. The van der Waals surface area contributed by atoms with Crippen molar-refractivity contribution in [2.24, 2.45) is 0 Å². The molecule has 0 bridgehead atoms. The number of unbranched alkanes of at least 4 members (excludes halogenated alkanes) is 33. The van der Waals surface area contributed by atoms with Crippen LogP contribution in [0.5, 0.6) is 0 Å². The number of ether oxygens (including phenoxy) is 4. The van der Waals surface area contributed by atoms with Crippen LogP contribution in [0.3, 0.4) is 0 Å². The summed E-state index contributed by atoms with van der Waals surface area (Å²) in [6.07, 6.45) is 38.3. The van der Waals surface area contributed by atoms with E-state index in [1.165, 1.54) is 173 Å². The molecule has 360 valence electrons. The van der Waals surface area contributed by atoms with Gasteiger partial charge >= 0.3 is 11.9 Å². The Morgan fingerprint density at radius 2 is 0.902 bits per heavy atom. The number of hydrogen-bond donors (Lipinski definition) is 4. The molecule has 0 aliphatic carbocycles. The smallest absolute Gasteiger partial charge is 0.306 e. The van der Waals surface area contributed by atoms with Crippen LogP contribution >= 0.6 is 0 Å². The lowest BCUT2D eigenvalue weighted by molar-refractivity contribution is -0.305. The monoisotopic (exact) mass is 869 g/mol. The Hall–Kier alpha value is -1.56. The lowest BCUT2D eigenvalue weighted by Crippen LogP contribution is -2.59. The molecule has 0 aromatic heterocycles. The van der Waals surface area contributed by atoms with Gasteiger partial charge in [0.1, 0.15) is 31.0 Å². The lowest BCUT2D eigenvalue weighted by atomic mass is 9.99. The average Bonchev–Trinajstić information content (AvgIpc) is 3.26. The maximum Gasteiger partial charge on any atom is 0.306 e. The summed E-state index contributed by atoms with van der Waals surface area (Å²) < 4.78 is 22.2. The molecule has 10 nitrogen and oxygen atoms in total. The van der Waals surface area contributed by atoms with Crippen LogP contribution in [0, 0.1) is 0 Å². The number of carbonyl (C=O) groups excluding carboxylic acids is 2. The van der Waals surface area contributed by atoms with Crippen LogP contribution in [0.1, 0.15) is 244 Å². The zero-order valence-electron chi connectivity index (χ0n) is 39.3. The van der Waals surface area contributed by atoms with Crippen LogP contribution in [-0.4, -0.2) is 89.0 Å². The van der Waals surface area contributed by atoms with Crippen molar-refractivity contribution in [3.05, 3.63) is 12.7 Å². The van der Waals surface area contributed by atoms with Gasteiger partial charge < -0.3 is 39.4 Å². The van der Waals surface area contributed by atoms with Crippen LogP contribution in [-0.2, 0) is 28.5 Å². The van der Waals surface area contributed by atoms with Gasteiger partial charge in [-0.2, -0.15) is 0 Å². The van der Waals surface area contributed by atoms with Gasteiger partial charge in [-0.3, -0.25) is 9.59 Å². The van der Waals surface area contributed by atoms with Gasteiger partial charge in [-0.15, -0.1) is 6.58 Å². The first-order chi connectivity index (χ1) is 29.8. The van der Waals surface area contributed by atoms with Crippen LogP contribution in [0.15, 0.2) is 12.7 Å². The number of allylic oxidation sites excluding steroid dienone is 1. The van der Waals surface area contributed by atoms with Gasteiger partial charge in [0.15, 0.2) is 12.4 Å². The minimum absolute atomic E-state index is 0.212. The number of aliphatic hydroxyl groups is 4. The molecule has 0 amide bonds. The highest BCUT2D eigenvalue weighted by atomic mass is 16.7. The maximum atomic E-state index is 12.8. The lowest BCUT2D eigenvalue weighted by Gasteiger charge is -2.39. The zero-order valence-corrected chi connectivity index (χ0v) is 39.3. The SMILES string of the molecule is C=CCCCCCCCCCCCCCCCC(=O)OC[C@H](CO[C@@H]1O[C@H](CO)[C@H](O)C(O)C1O)OC(=O)CCCCCCCCCCCCCCCCCCCCCCC. The van der Waals surface area contributed by atoms with Gasteiger partial charge in [0, 0.05) is 12.8 Å². The van der Waals surface area contributed by atoms with Crippen LogP contribution in [0.2, 0.25) is 0 Å². The molecule has 0 aromatic rings. The van der Waals surface area contributed by atoms with Crippen molar-refractivity contribution in [2.45, 2.75) is 281 Å². The molecular formula is C51H96O10. The third kappa shape index (κ3) is 33.6. The second-order valence-corrected chi connectivity index (χ2v) is 18.1. The molecule has 1 aliphatic rings. The Kier molecular flexibility index (Phi) is 39.9. The van der Waals surface area contributed by atoms with E-state index in [0.717, 1.165) is 44.9 Å². The molecule has 61 heavy (non-hydrogen) atoms. The number of hydrogen-bond acceptors (Lipinski definition) is 10. The fourth-order valence-electron chi connectivity index (χ4n) is 8.23. The fraction of sp³-hybridized carbons (Fsp3) is 0.922. The molecule has 6 atom stereocenters. The molecule has 1 saturated heterocycles. The van der Waals surface area contributed by atoms with Crippen molar-refractivity contribution in [3.63, 3.8) is 0 Å². The highest BCUT2D eigenvalue weighted by molar-refractivity contribution is 5.70. The van der Waals surface area contributed by atoms with E-state index in [1.807, 2.05) is 6.08 Å². The minimum Gasteiger partial charge on any atom is -0.462 e. The zero-order chi connectivity index (χ0) is 44.4. The molecule has 1 fully saturated rings. The van der Waals surface area contributed by atoms with Gasteiger partial charge in [0.25, 0.3) is 0 Å². The summed E-state index contributed by atoms with van der Waals surface area (Å²) >= 11 is 0. The first-order valence-corrected chi connectivity index (χ1v) is 25.7. The third-order valence-corrected chi connectivity index (χ3v) is 12.3. The Balaban J connectivity index is 2.23. The van der Waals surface area contributed by atoms with Crippen molar-refractivity contribution in [3.8, 4) is 0 Å². The molecule has 2 unspecified atom stereocenters. The largest absolute Gasteiger partial charge is 0.462 e. The highest BCUT2D eigenvalue weighted by Gasteiger charge is 2.44. The van der Waals surface area contributed by atoms with E-state index >= 15 is 0 Å².